The van der Waals surface area contributed by atoms with Crippen LogP contribution >= 0.6 is 11.6 Å². The van der Waals surface area contributed by atoms with Gasteiger partial charge >= 0.3 is 0 Å². The van der Waals surface area contributed by atoms with Crippen molar-refractivity contribution in [2.75, 3.05) is 20.2 Å². The third-order valence-corrected chi connectivity index (χ3v) is 2.95. The van der Waals surface area contributed by atoms with Crippen molar-refractivity contribution >= 4 is 23.2 Å². The van der Waals surface area contributed by atoms with Gasteiger partial charge in [0.05, 0.1) is 28.2 Å². The van der Waals surface area contributed by atoms with E-state index in [1.807, 2.05) is 13.8 Å². The van der Waals surface area contributed by atoms with Gasteiger partial charge in [-0.15, -0.1) is 0 Å². The molecule has 20 heavy (non-hydrogen) atoms. The van der Waals surface area contributed by atoms with E-state index in [-0.39, 0.29) is 28.3 Å². The summed E-state index contributed by atoms with van der Waals surface area (Å²) in [5.41, 5.74) is -0.0440. The van der Waals surface area contributed by atoms with Crippen molar-refractivity contribution in [3.63, 3.8) is 0 Å². The van der Waals surface area contributed by atoms with Crippen LogP contribution in [0.5, 0.6) is 0 Å². The van der Waals surface area contributed by atoms with Crippen molar-refractivity contribution < 1.29 is 14.5 Å². The second-order valence-corrected chi connectivity index (χ2v) is 4.97. The fourth-order valence-electron chi connectivity index (χ4n) is 1.52. The number of hydrogen-bond donors (Lipinski definition) is 0. The minimum absolute atomic E-state index is 0.0832. The second kappa shape index (κ2) is 7.21. The summed E-state index contributed by atoms with van der Waals surface area (Å²) in [6, 6.07) is 3.80. The topological polar surface area (TPSA) is 72.7 Å². The Morgan fingerprint density at radius 2 is 2.15 bits per heavy atom. The predicted molar refractivity (Wildman–Crippen MR) is 76.2 cm³/mol. The smallest absolute Gasteiger partial charge is 0.270 e. The van der Waals surface area contributed by atoms with E-state index in [9.17, 15) is 14.9 Å². The number of nitrogens with zero attached hydrogens (tertiary/aromatic N) is 2. The van der Waals surface area contributed by atoms with Gasteiger partial charge in [-0.3, -0.25) is 14.9 Å². The Morgan fingerprint density at radius 1 is 1.50 bits per heavy atom. The van der Waals surface area contributed by atoms with Crippen molar-refractivity contribution in [1.29, 1.82) is 0 Å². The van der Waals surface area contributed by atoms with Crippen molar-refractivity contribution in [1.82, 2.24) is 4.90 Å². The molecule has 1 amide bonds. The van der Waals surface area contributed by atoms with E-state index in [4.69, 9.17) is 16.3 Å². The van der Waals surface area contributed by atoms with Gasteiger partial charge in [0, 0.05) is 25.7 Å². The number of carbonyl (C=O) groups is 1. The summed E-state index contributed by atoms with van der Waals surface area (Å²) in [5, 5.41) is 10.9. The largest absolute Gasteiger partial charge is 0.377 e. The van der Waals surface area contributed by atoms with Crippen molar-refractivity contribution in [2.45, 2.75) is 20.0 Å². The van der Waals surface area contributed by atoms with E-state index in [1.54, 1.807) is 7.05 Å². The zero-order valence-electron chi connectivity index (χ0n) is 11.6. The van der Waals surface area contributed by atoms with Crippen LogP contribution < -0.4 is 0 Å². The van der Waals surface area contributed by atoms with Gasteiger partial charge in [-0.2, -0.15) is 0 Å². The highest BCUT2D eigenvalue weighted by molar-refractivity contribution is 6.33. The maximum absolute atomic E-state index is 12.2. The molecule has 110 valence electrons. The Bertz CT molecular complexity index is 505. The van der Waals surface area contributed by atoms with E-state index in [1.165, 1.54) is 23.1 Å². The van der Waals surface area contributed by atoms with Crippen LogP contribution in [0.2, 0.25) is 5.02 Å². The first kappa shape index (κ1) is 16.4. The molecule has 1 aromatic carbocycles. The zero-order valence-corrected chi connectivity index (χ0v) is 12.4. The maximum atomic E-state index is 12.2. The van der Waals surface area contributed by atoms with Crippen LogP contribution in [0.25, 0.3) is 0 Å². The predicted octanol–water partition coefficient (Wildman–Crippen LogP) is 2.75. The molecular formula is C13H17ClN2O4. The maximum Gasteiger partial charge on any atom is 0.270 e. The van der Waals surface area contributed by atoms with Gasteiger partial charge in [0.1, 0.15) is 0 Å². The molecular weight excluding hydrogens is 284 g/mol. The number of benzene rings is 1. The molecule has 0 radical (unpaired) electrons. The van der Waals surface area contributed by atoms with Gasteiger partial charge in [-0.1, -0.05) is 11.6 Å². The van der Waals surface area contributed by atoms with Crippen LogP contribution in [-0.2, 0) is 4.74 Å². The molecule has 0 atom stereocenters. The first-order chi connectivity index (χ1) is 9.32. The van der Waals surface area contributed by atoms with E-state index >= 15 is 0 Å². The highest BCUT2D eigenvalue weighted by Gasteiger charge is 2.18. The molecule has 1 aromatic rings. The molecule has 0 aliphatic heterocycles. The Hall–Kier alpha value is -1.66. The minimum atomic E-state index is -0.561. The number of nitro benzene ring substituents is 1. The first-order valence-corrected chi connectivity index (χ1v) is 6.51. The minimum Gasteiger partial charge on any atom is -0.377 e. The molecule has 0 N–H and O–H groups in total. The van der Waals surface area contributed by atoms with Crippen molar-refractivity contribution in [3.8, 4) is 0 Å². The lowest BCUT2D eigenvalue weighted by Gasteiger charge is -2.18. The fraction of sp³-hybridized carbons (Fsp3) is 0.462. The monoisotopic (exact) mass is 300 g/mol. The van der Waals surface area contributed by atoms with Gasteiger partial charge in [0.25, 0.3) is 11.6 Å². The van der Waals surface area contributed by atoms with Crippen LogP contribution in [0, 0.1) is 10.1 Å². The number of likely N-dealkylation sites (N-methyl/N-ethyl adjacent to an activating group) is 1. The number of halogens is 1. The number of rotatable bonds is 6. The molecule has 0 unspecified atom stereocenters. The molecule has 1 rings (SSSR count). The van der Waals surface area contributed by atoms with Crippen molar-refractivity contribution in [2.24, 2.45) is 0 Å². The van der Waals surface area contributed by atoms with Crippen LogP contribution in [0.4, 0.5) is 5.69 Å². The summed E-state index contributed by atoms with van der Waals surface area (Å²) in [4.78, 5) is 23.8. The van der Waals surface area contributed by atoms with Gasteiger partial charge < -0.3 is 9.64 Å². The molecule has 6 nitrogen and oxygen atoms in total. The van der Waals surface area contributed by atoms with E-state index in [2.05, 4.69) is 0 Å². The van der Waals surface area contributed by atoms with Gasteiger partial charge in [-0.05, 0) is 19.9 Å². The highest BCUT2D eigenvalue weighted by Crippen LogP contribution is 2.23. The molecule has 0 aliphatic rings. The van der Waals surface area contributed by atoms with Gasteiger partial charge in [-0.25, -0.2) is 0 Å². The van der Waals surface area contributed by atoms with E-state index in [0.717, 1.165) is 0 Å². The summed E-state index contributed by atoms with van der Waals surface area (Å²) < 4.78 is 5.36. The SMILES string of the molecule is CC(C)OCCN(C)C(=O)c1cc([N+](=O)[O-])ccc1Cl. The molecule has 0 spiro atoms. The van der Waals surface area contributed by atoms with Crippen molar-refractivity contribution in [3.05, 3.63) is 38.9 Å². The molecule has 0 aromatic heterocycles. The molecule has 0 bridgehead atoms. The quantitative estimate of drug-likeness (QED) is 0.598. The molecule has 0 heterocycles. The summed E-state index contributed by atoms with van der Waals surface area (Å²) in [6.07, 6.45) is 0.0832. The molecule has 0 saturated heterocycles. The average molecular weight is 301 g/mol. The second-order valence-electron chi connectivity index (χ2n) is 4.57. The van der Waals surface area contributed by atoms with Gasteiger partial charge in [0.15, 0.2) is 0 Å². The molecule has 0 aliphatic carbocycles. The summed E-state index contributed by atoms with van der Waals surface area (Å²) in [5.74, 6) is -0.369. The highest BCUT2D eigenvalue weighted by atomic mass is 35.5. The van der Waals surface area contributed by atoms with Gasteiger partial charge in [0.2, 0.25) is 0 Å². The van der Waals surface area contributed by atoms with Crippen LogP contribution in [0.15, 0.2) is 18.2 Å². The third-order valence-electron chi connectivity index (χ3n) is 2.62. The fourth-order valence-corrected chi connectivity index (χ4v) is 1.72. The average Bonchev–Trinajstić information content (AvgIpc) is 2.37. The lowest BCUT2D eigenvalue weighted by atomic mass is 10.2. The number of amides is 1. The Kier molecular flexibility index (Phi) is 5.91. The molecule has 7 heteroatoms. The normalized spacial score (nSPS) is 10.7. The number of hydrogen-bond acceptors (Lipinski definition) is 4. The third kappa shape index (κ3) is 4.47. The summed E-state index contributed by atoms with van der Waals surface area (Å²) in [6.45, 7) is 4.58. The number of ether oxygens (including phenoxy) is 1. The Labute approximate surface area is 122 Å². The van der Waals surface area contributed by atoms with Crippen LogP contribution in [0.3, 0.4) is 0 Å². The van der Waals surface area contributed by atoms with E-state index < -0.39 is 4.92 Å². The van der Waals surface area contributed by atoms with Crippen LogP contribution in [0.1, 0.15) is 24.2 Å². The summed E-state index contributed by atoms with van der Waals surface area (Å²) in [7, 11) is 1.60. The molecule has 0 fully saturated rings. The zero-order chi connectivity index (χ0) is 15.3. The Balaban J connectivity index is 2.80. The standard InChI is InChI=1S/C13H17ClN2O4/c1-9(2)20-7-6-15(3)13(17)11-8-10(16(18)19)4-5-12(11)14/h4-5,8-9H,6-7H2,1-3H3. The first-order valence-electron chi connectivity index (χ1n) is 6.14. The number of nitro groups is 1. The van der Waals surface area contributed by atoms with E-state index in [0.29, 0.717) is 13.2 Å². The number of non-ortho nitro benzene ring substituents is 1. The lowest BCUT2D eigenvalue weighted by molar-refractivity contribution is -0.384. The number of carbonyl (C=O) groups excluding carboxylic acids is 1. The summed E-state index contributed by atoms with van der Waals surface area (Å²) >= 11 is 5.92. The Morgan fingerprint density at radius 3 is 2.70 bits per heavy atom. The molecule has 0 saturated carbocycles. The lowest BCUT2D eigenvalue weighted by Crippen LogP contribution is -2.31. The van der Waals surface area contributed by atoms with Crippen LogP contribution in [-0.4, -0.2) is 42.0 Å².